The number of carbonyl (C=O) groups excluding carboxylic acids is 1. The molecule has 0 saturated carbocycles. The van der Waals surface area contributed by atoms with Crippen molar-refractivity contribution in [2.75, 3.05) is 6.61 Å². The lowest BCUT2D eigenvalue weighted by Crippen LogP contribution is -2.10. The number of carboxylic acid groups (broad SMARTS) is 1. The lowest BCUT2D eigenvalue weighted by atomic mass is 10.0. The van der Waals surface area contributed by atoms with Crippen LogP contribution < -0.4 is 0 Å². The van der Waals surface area contributed by atoms with Gasteiger partial charge in [-0.05, 0) is 19.8 Å². The van der Waals surface area contributed by atoms with Gasteiger partial charge >= 0.3 is 11.9 Å². The van der Waals surface area contributed by atoms with Gasteiger partial charge < -0.3 is 9.84 Å². The van der Waals surface area contributed by atoms with E-state index in [2.05, 4.69) is 20.4 Å². The van der Waals surface area contributed by atoms with Gasteiger partial charge in [0.05, 0.1) is 5.92 Å². The van der Waals surface area contributed by atoms with Crippen molar-refractivity contribution < 1.29 is 19.4 Å². The first kappa shape index (κ1) is 24.7. The molecule has 0 aliphatic heterocycles. The Kier molecular flexibility index (Phi) is 20.0. The summed E-state index contributed by atoms with van der Waals surface area (Å²) in [4.78, 5) is 21.5. The zero-order chi connectivity index (χ0) is 18.6. The molecule has 1 N–H and O–H groups in total. The molecule has 0 aliphatic carbocycles. The number of hydrogen-bond acceptors (Lipinski definition) is 3. The van der Waals surface area contributed by atoms with E-state index in [1.807, 2.05) is 13.0 Å². The highest BCUT2D eigenvalue weighted by molar-refractivity contribution is 5.72. The highest BCUT2D eigenvalue weighted by Crippen LogP contribution is 2.11. The van der Waals surface area contributed by atoms with E-state index in [1.165, 1.54) is 12.8 Å². The average molecular weight is 341 g/mol. The molecular formula is C20H36O4. The maximum atomic E-state index is 10.9. The Morgan fingerprint density at radius 2 is 1.71 bits per heavy atom. The summed E-state index contributed by atoms with van der Waals surface area (Å²) in [5.74, 6) is -1.09. The Balaban J connectivity index is 0. The molecule has 0 fully saturated rings. The third-order valence-corrected chi connectivity index (χ3v) is 3.46. The second kappa shape index (κ2) is 19.5. The Labute approximate surface area is 148 Å². The first-order chi connectivity index (χ1) is 11.5. The van der Waals surface area contributed by atoms with Crippen molar-refractivity contribution in [2.24, 2.45) is 5.92 Å². The SMILES string of the molecule is C=CCOC(=O)CCCCCC.CC=CC(CCCCC)C(=O)O. The van der Waals surface area contributed by atoms with Crippen LogP contribution in [-0.4, -0.2) is 23.7 Å². The van der Waals surface area contributed by atoms with Crippen LogP contribution in [0.1, 0.15) is 78.6 Å². The number of unbranched alkanes of at least 4 members (excludes halogenated alkanes) is 5. The van der Waals surface area contributed by atoms with E-state index in [-0.39, 0.29) is 11.9 Å². The predicted molar refractivity (Wildman–Crippen MR) is 100.0 cm³/mol. The van der Waals surface area contributed by atoms with Gasteiger partial charge in [0.2, 0.25) is 0 Å². The van der Waals surface area contributed by atoms with Gasteiger partial charge in [-0.3, -0.25) is 9.59 Å². The number of carbonyl (C=O) groups is 2. The molecule has 0 heterocycles. The fourth-order valence-corrected chi connectivity index (χ4v) is 2.07. The molecule has 0 amide bonds. The molecule has 0 saturated heterocycles. The number of hydrogen-bond donors (Lipinski definition) is 1. The van der Waals surface area contributed by atoms with Gasteiger partial charge in [0, 0.05) is 6.42 Å². The number of aliphatic carboxylic acids is 1. The quantitative estimate of drug-likeness (QED) is 0.272. The second-order valence-electron chi connectivity index (χ2n) is 5.75. The molecule has 0 aromatic carbocycles. The minimum absolute atomic E-state index is 0.106. The summed E-state index contributed by atoms with van der Waals surface area (Å²) in [5.41, 5.74) is 0. The van der Waals surface area contributed by atoms with Crippen molar-refractivity contribution in [1.29, 1.82) is 0 Å². The number of esters is 1. The van der Waals surface area contributed by atoms with Gasteiger partial charge in [-0.2, -0.15) is 0 Å². The van der Waals surface area contributed by atoms with Crippen molar-refractivity contribution in [3.8, 4) is 0 Å². The van der Waals surface area contributed by atoms with Crippen LogP contribution in [-0.2, 0) is 14.3 Å². The Bertz CT molecular complexity index is 348. The number of allylic oxidation sites excluding steroid dienone is 1. The maximum absolute atomic E-state index is 10.9. The summed E-state index contributed by atoms with van der Waals surface area (Å²) in [6.07, 6.45) is 14.2. The fourth-order valence-electron chi connectivity index (χ4n) is 2.07. The van der Waals surface area contributed by atoms with E-state index >= 15 is 0 Å². The maximum Gasteiger partial charge on any atom is 0.310 e. The van der Waals surface area contributed by atoms with E-state index < -0.39 is 5.97 Å². The molecule has 0 aromatic rings. The van der Waals surface area contributed by atoms with Crippen molar-refractivity contribution >= 4 is 11.9 Å². The van der Waals surface area contributed by atoms with Crippen LogP contribution in [0.2, 0.25) is 0 Å². The van der Waals surface area contributed by atoms with Gasteiger partial charge in [0.25, 0.3) is 0 Å². The first-order valence-electron chi connectivity index (χ1n) is 9.15. The first-order valence-corrected chi connectivity index (χ1v) is 9.15. The standard InChI is InChI=1S/2C10H18O2/c1-3-5-6-7-8-10(11)12-9-4-2;1-3-5-6-8-9(7-4-2)10(11)12/h4H,2-3,5-9H2,1H3;4,7,9H,3,5-6,8H2,1-2H3,(H,11,12). The number of rotatable bonds is 13. The van der Waals surface area contributed by atoms with Crippen LogP contribution >= 0.6 is 0 Å². The molecule has 0 aromatic heterocycles. The van der Waals surface area contributed by atoms with Crippen molar-refractivity contribution in [3.63, 3.8) is 0 Å². The summed E-state index contributed by atoms with van der Waals surface area (Å²) in [7, 11) is 0. The molecule has 1 atom stereocenters. The molecule has 0 radical (unpaired) electrons. The molecular weight excluding hydrogens is 304 g/mol. The van der Waals surface area contributed by atoms with Crippen molar-refractivity contribution in [3.05, 3.63) is 24.8 Å². The van der Waals surface area contributed by atoms with Gasteiger partial charge in [0.1, 0.15) is 6.61 Å². The summed E-state index contributed by atoms with van der Waals surface area (Å²) < 4.78 is 4.81. The lowest BCUT2D eigenvalue weighted by molar-refractivity contribution is -0.142. The summed E-state index contributed by atoms with van der Waals surface area (Å²) >= 11 is 0. The highest BCUT2D eigenvalue weighted by atomic mass is 16.5. The normalized spacial score (nSPS) is 11.5. The number of ether oxygens (including phenoxy) is 1. The third kappa shape index (κ3) is 18.5. The zero-order valence-corrected chi connectivity index (χ0v) is 15.8. The molecule has 0 aliphatic rings. The van der Waals surface area contributed by atoms with Gasteiger partial charge in [0.15, 0.2) is 0 Å². The molecule has 140 valence electrons. The number of carboxylic acids is 1. The van der Waals surface area contributed by atoms with Crippen molar-refractivity contribution in [2.45, 2.75) is 78.6 Å². The van der Waals surface area contributed by atoms with E-state index in [0.29, 0.717) is 13.0 Å². The van der Waals surface area contributed by atoms with Crippen LogP contribution in [0.5, 0.6) is 0 Å². The Hall–Kier alpha value is -1.58. The van der Waals surface area contributed by atoms with Crippen molar-refractivity contribution in [1.82, 2.24) is 0 Å². The van der Waals surface area contributed by atoms with Crippen LogP contribution in [0.25, 0.3) is 0 Å². The summed E-state index contributed by atoms with van der Waals surface area (Å²) in [5, 5.41) is 8.75. The summed E-state index contributed by atoms with van der Waals surface area (Å²) in [6, 6.07) is 0. The molecule has 4 heteroatoms. The largest absolute Gasteiger partial charge is 0.481 e. The molecule has 24 heavy (non-hydrogen) atoms. The average Bonchev–Trinajstić information content (AvgIpc) is 2.56. The molecule has 0 bridgehead atoms. The lowest BCUT2D eigenvalue weighted by Gasteiger charge is -2.05. The van der Waals surface area contributed by atoms with Gasteiger partial charge in [-0.1, -0.05) is 77.2 Å². The smallest absolute Gasteiger partial charge is 0.310 e. The summed E-state index contributed by atoms with van der Waals surface area (Å²) in [6.45, 7) is 9.93. The topological polar surface area (TPSA) is 63.6 Å². The monoisotopic (exact) mass is 340 g/mol. The minimum atomic E-state index is -0.704. The van der Waals surface area contributed by atoms with Crippen LogP contribution in [0.4, 0.5) is 0 Å². The molecule has 0 rings (SSSR count). The van der Waals surface area contributed by atoms with E-state index in [0.717, 1.165) is 38.5 Å². The zero-order valence-electron chi connectivity index (χ0n) is 15.8. The van der Waals surface area contributed by atoms with E-state index in [4.69, 9.17) is 9.84 Å². The van der Waals surface area contributed by atoms with Crippen LogP contribution in [0, 0.1) is 5.92 Å². The Morgan fingerprint density at radius 3 is 2.21 bits per heavy atom. The molecule has 1 unspecified atom stereocenters. The van der Waals surface area contributed by atoms with E-state index in [9.17, 15) is 9.59 Å². The van der Waals surface area contributed by atoms with Crippen LogP contribution in [0.3, 0.4) is 0 Å². The third-order valence-electron chi connectivity index (χ3n) is 3.46. The molecule has 0 spiro atoms. The fraction of sp³-hybridized carbons (Fsp3) is 0.700. The van der Waals surface area contributed by atoms with Crippen LogP contribution in [0.15, 0.2) is 24.8 Å². The minimum Gasteiger partial charge on any atom is -0.481 e. The molecule has 4 nitrogen and oxygen atoms in total. The second-order valence-corrected chi connectivity index (χ2v) is 5.75. The van der Waals surface area contributed by atoms with Gasteiger partial charge in [-0.25, -0.2) is 0 Å². The highest BCUT2D eigenvalue weighted by Gasteiger charge is 2.11. The predicted octanol–water partition coefficient (Wildman–Crippen LogP) is 5.53. The van der Waals surface area contributed by atoms with Gasteiger partial charge in [-0.15, -0.1) is 0 Å². The van der Waals surface area contributed by atoms with E-state index in [1.54, 1.807) is 12.2 Å². The Morgan fingerprint density at radius 1 is 1.08 bits per heavy atom.